The number of halogens is 4. The number of carbonyl (C=O) groups excluding carboxylic acids is 1. The van der Waals surface area contributed by atoms with Gasteiger partial charge in [0.25, 0.3) is 12.9 Å². The van der Waals surface area contributed by atoms with E-state index in [-0.39, 0.29) is 29.0 Å². The van der Waals surface area contributed by atoms with Crippen LogP contribution in [0.4, 0.5) is 29.1 Å². The zero-order valence-electron chi connectivity index (χ0n) is 31.7. The summed E-state index contributed by atoms with van der Waals surface area (Å²) in [7, 11) is 0. The molecule has 4 aliphatic rings. The van der Waals surface area contributed by atoms with E-state index < -0.39 is 12.9 Å². The Morgan fingerprint density at radius 3 is 2.12 bits per heavy atom. The summed E-state index contributed by atoms with van der Waals surface area (Å²) < 4.78 is 60.0. The molecule has 0 N–H and O–H groups in total. The number of pyridine rings is 2. The molecule has 0 spiro atoms. The van der Waals surface area contributed by atoms with Crippen molar-refractivity contribution in [3.05, 3.63) is 62.9 Å². The molecule has 3 aromatic rings. The van der Waals surface area contributed by atoms with Crippen LogP contribution in [0.15, 0.2) is 12.1 Å². The van der Waals surface area contributed by atoms with E-state index in [1.54, 1.807) is 19.9 Å². The SMILES string of the molecule is CC.CC.CCc1nc(C)c(C(F)F)cc1C.Cc1nc2c(cc1C(F)F)N(c1nn(C3CCOCC3)c3c1CN(C(=O)C1CC1)CC3)CCC2. The number of anilines is 2. The van der Waals surface area contributed by atoms with Gasteiger partial charge in [0.05, 0.1) is 24.0 Å². The number of hydrogen-bond acceptors (Lipinski definition) is 6. The molecule has 6 heterocycles. The molecule has 1 saturated heterocycles. The molecule has 12 heteroatoms. The maximum atomic E-state index is 13.7. The molecule has 0 radical (unpaired) electrons. The van der Waals surface area contributed by atoms with Gasteiger partial charge in [-0.25, -0.2) is 17.6 Å². The molecular formula is C39H56F4N6O2. The minimum absolute atomic E-state index is 0.0195. The van der Waals surface area contributed by atoms with Crippen molar-refractivity contribution in [3.63, 3.8) is 0 Å². The van der Waals surface area contributed by atoms with E-state index in [1.807, 2.05) is 46.4 Å². The average molecular weight is 717 g/mol. The van der Waals surface area contributed by atoms with Gasteiger partial charge in [-0.3, -0.25) is 19.4 Å². The molecule has 51 heavy (non-hydrogen) atoms. The minimum atomic E-state index is -2.57. The lowest BCUT2D eigenvalue weighted by atomic mass is 10.0. The fourth-order valence-electron chi connectivity index (χ4n) is 7.05. The molecule has 7 rings (SSSR count). The fourth-order valence-corrected chi connectivity index (χ4v) is 7.05. The van der Waals surface area contributed by atoms with Crippen LogP contribution in [0.1, 0.15) is 136 Å². The predicted octanol–water partition coefficient (Wildman–Crippen LogP) is 9.51. The number of aryl methyl sites for hydroxylation is 5. The highest BCUT2D eigenvalue weighted by Crippen LogP contribution is 2.41. The van der Waals surface area contributed by atoms with E-state index in [9.17, 15) is 22.4 Å². The van der Waals surface area contributed by atoms with E-state index in [0.29, 0.717) is 44.2 Å². The molecule has 2 fully saturated rings. The smallest absolute Gasteiger partial charge is 0.265 e. The third-order valence-electron chi connectivity index (χ3n) is 9.84. The number of amides is 1. The van der Waals surface area contributed by atoms with Crippen LogP contribution in [-0.2, 0) is 35.3 Å². The Bertz CT molecular complexity index is 1620. The summed E-state index contributed by atoms with van der Waals surface area (Å²) in [5, 5.41) is 5.12. The number of alkyl halides is 4. The number of hydrogen-bond donors (Lipinski definition) is 0. The minimum Gasteiger partial charge on any atom is -0.381 e. The second-order valence-corrected chi connectivity index (χ2v) is 13.1. The van der Waals surface area contributed by atoms with Gasteiger partial charge < -0.3 is 14.5 Å². The molecule has 8 nitrogen and oxygen atoms in total. The topological polar surface area (TPSA) is 76.4 Å². The van der Waals surface area contributed by atoms with E-state index in [2.05, 4.69) is 19.5 Å². The first kappa shape index (κ1) is 40.2. The summed E-state index contributed by atoms with van der Waals surface area (Å²) in [6.45, 7) is 18.5. The molecule has 3 aliphatic heterocycles. The van der Waals surface area contributed by atoms with E-state index in [4.69, 9.17) is 9.84 Å². The zero-order chi connectivity index (χ0) is 37.4. The zero-order valence-corrected chi connectivity index (χ0v) is 31.7. The van der Waals surface area contributed by atoms with Gasteiger partial charge in [0.1, 0.15) is 0 Å². The lowest BCUT2D eigenvalue weighted by Crippen LogP contribution is -2.38. The van der Waals surface area contributed by atoms with Crippen LogP contribution < -0.4 is 4.90 Å². The van der Waals surface area contributed by atoms with Gasteiger partial charge in [-0.1, -0.05) is 34.6 Å². The lowest BCUT2D eigenvalue weighted by molar-refractivity contribution is -0.133. The number of nitrogens with zero attached hydrogens (tertiary/aromatic N) is 6. The molecule has 0 bridgehead atoms. The summed E-state index contributed by atoms with van der Waals surface area (Å²) in [6, 6.07) is 3.40. The average Bonchev–Trinajstić information content (AvgIpc) is 3.94. The van der Waals surface area contributed by atoms with Crippen LogP contribution in [0.3, 0.4) is 0 Å². The van der Waals surface area contributed by atoms with Gasteiger partial charge in [0, 0.05) is 78.1 Å². The second kappa shape index (κ2) is 18.3. The van der Waals surface area contributed by atoms with Crippen molar-refractivity contribution in [3.8, 4) is 0 Å². The van der Waals surface area contributed by atoms with Crippen LogP contribution in [0.5, 0.6) is 0 Å². The Balaban J connectivity index is 0.000000289. The summed E-state index contributed by atoms with van der Waals surface area (Å²) >= 11 is 0. The molecule has 1 amide bonds. The number of fused-ring (bicyclic) bond motifs is 2. The molecule has 0 atom stereocenters. The van der Waals surface area contributed by atoms with Crippen LogP contribution in [0.2, 0.25) is 0 Å². The monoisotopic (exact) mass is 716 g/mol. The maximum absolute atomic E-state index is 13.7. The van der Waals surface area contributed by atoms with Gasteiger partial charge in [-0.2, -0.15) is 5.10 Å². The molecule has 1 aliphatic carbocycles. The third kappa shape index (κ3) is 9.10. The third-order valence-corrected chi connectivity index (χ3v) is 9.84. The molecule has 0 aromatic carbocycles. The van der Waals surface area contributed by atoms with Gasteiger partial charge in [-0.05, 0) is 83.4 Å². The Morgan fingerprint density at radius 1 is 0.882 bits per heavy atom. The Hall–Kier alpha value is -3.54. The molecule has 1 saturated carbocycles. The van der Waals surface area contributed by atoms with E-state index in [0.717, 1.165) is 85.4 Å². The van der Waals surface area contributed by atoms with Crippen molar-refractivity contribution in [1.29, 1.82) is 0 Å². The van der Waals surface area contributed by atoms with Gasteiger partial charge in [-0.15, -0.1) is 0 Å². The van der Waals surface area contributed by atoms with E-state index >= 15 is 0 Å². The van der Waals surface area contributed by atoms with Crippen LogP contribution in [0, 0.1) is 26.7 Å². The molecule has 3 aromatic heterocycles. The highest BCUT2D eigenvalue weighted by molar-refractivity contribution is 5.81. The van der Waals surface area contributed by atoms with Gasteiger partial charge >= 0.3 is 0 Å². The predicted molar refractivity (Wildman–Crippen MR) is 193 cm³/mol. The Kier molecular flexibility index (Phi) is 14.4. The highest BCUT2D eigenvalue weighted by Gasteiger charge is 2.38. The fraction of sp³-hybridized carbons (Fsp3) is 0.641. The normalized spacial score (nSPS) is 17.1. The first-order valence-corrected chi connectivity index (χ1v) is 18.8. The van der Waals surface area contributed by atoms with Crippen LogP contribution >= 0.6 is 0 Å². The summed E-state index contributed by atoms with van der Waals surface area (Å²) in [4.78, 5) is 25.6. The Morgan fingerprint density at radius 2 is 1.51 bits per heavy atom. The lowest BCUT2D eigenvalue weighted by Gasteiger charge is -2.33. The van der Waals surface area contributed by atoms with Crippen molar-refractivity contribution in [2.45, 2.75) is 132 Å². The number of carbonyl (C=O) groups is 1. The van der Waals surface area contributed by atoms with Gasteiger partial charge in [0.15, 0.2) is 5.82 Å². The van der Waals surface area contributed by atoms with Crippen molar-refractivity contribution in [1.82, 2.24) is 24.6 Å². The standard InChI is InChI=1S/C25H31F2N5O2.C10H13F2N.2C2H6/c1-15-18(23(26)27)13-22-20(28-15)3-2-9-31(22)24-19-14-30(25(33)16-4-5-16)10-6-21(19)32(29-24)17-7-11-34-12-8-17;1-4-9-6(2)5-8(10(11)12)7(3)13-9;2*1-2/h13,16-17,23H,2-12,14H2,1H3;5,10H,4H2,1-3H3;2*1-2H3. The number of rotatable bonds is 6. The maximum Gasteiger partial charge on any atom is 0.265 e. The Labute approximate surface area is 301 Å². The largest absolute Gasteiger partial charge is 0.381 e. The van der Waals surface area contributed by atoms with E-state index in [1.165, 1.54) is 11.8 Å². The second-order valence-electron chi connectivity index (χ2n) is 13.1. The number of aromatic nitrogens is 4. The van der Waals surface area contributed by atoms with Crippen LogP contribution in [0.25, 0.3) is 0 Å². The van der Waals surface area contributed by atoms with Crippen LogP contribution in [-0.4, -0.2) is 56.9 Å². The molecule has 282 valence electrons. The van der Waals surface area contributed by atoms with Crippen molar-refractivity contribution in [2.24, 2.45) is 5.92 Å². The van der Waals surface area contributed by atoms with Crippen molar-refractivity contribution < 1.29 is 27.1 Å². The highest BCUT2D eigenvalue weighted by atomic mass is 19.3. The number of ether oxygens (including phenoxy) is 1. The summed E-state index contributed by atoms with van der Waals surface area (Å²) in [6.07, 6.45) is 2.01. The first-order chi connectivity index (χ1) is 24.6. The molecular weight excluding hydrogens is 660 g/mol. The summed E-state index contributed by atoms with van der Waals surface area (Å²) in [5.41, 5.74) is 6.46. The van der Waals surface area contributed by atoms with Crippen molar-refractivity contribution in [2.75, 3.05) is 31.2 Å². The molecule has 0 unspecified atom stereocenters. The van der Waals surface area contributed by atoms with Crippen molar-refractivity contribution >= 4 is 17.4 Å². The van der Waals surface area contributed by atoms with Gasteiger partial charge in [0.2, 0.25) is 5.91 Å². The first-order valence-electron chi connectivity index (χ1n) is 18.8. The quantitative estimate of drug-likeness (QED) is 0.237. The summed E-state index contributed by atoms with van der Waals surface area (Å²) in [5.74, 6) is 1.22.